The van der Waals surface area contributed by atoms with E-state index in [1.54, 1.807) is 11.0 Å². The molecule has 1 aliphatic heterocycles. The number of hydrogen-bond donors (Lipinski definition) is 0. The Morgan fingerprint density at radius 1 is 1.56 bits per heavy atom. The highest BCUT2D eigenvalue weighted by atomic mass is 16.2. The van der Waals surface area contributed by atoms with Crippen molar-refractivity contribution in [1.29, 1.82) is 5.26 Å². The number of allylic oxidation sites excluding steroid dienone is 1. The van der Waals surface area contributed by atoms with Crippen LogP contribution in [0.4, 0.5) is 0 Å². The number of likely N-dealkylation sites (tertiary alicyclic amines) is 1. The minimum Gasteiger partial charge on any atom is -0.335 e. The van der Waals surface area contributed by atoms with E-state index in [1.165, 1.54) is 0 Å². The summed E-state index contributed by atoms with van der Waals surface area (Å²) in [6.07, 6.45) is 4.79. The molecule has 1 radical (unpaired) electrons. The summed E-state index contributed by atoms with van der Waals surface area (Å²) in [5.41, 5.74) is 0.255. The molecule has 0 bridgehead atoms. The molecule has 3 heteroatoms. The normalized spacial score (nSPS) is 22.1. The highest BCUT2D eigenvalue weighted by Crippen LogP contribution is 2.18. The van der Waals surface area contributed by atoms with Gasteiger partial charge in [0.05, 0.1) is 0 Å². The number of carbonyl (C=O) groups is 1. The zero-order valence-corrected chi connectivity index (χ0v) is 10.1. The second kappa shape index (κ2) is 5.69. The molecule has 3 nitrogen and oxygen atoms in total. The van der Waals surface area contributed by atoms with Crippen LogP contribution in [-0.4, -0.2) is 23.4 Å². The van der Waals surface area contributed by atoms with Crippen molar-refractivity contribution in [2.75, 3.05) is 6.54 Å². The summed E-state index contributed by atoms with van der Waals surface area (Å²) in [6, 6.07) is 2.01. The fraction of sp³-hybridized carbons (Fsp3) is 0.615. The predicted octanol–water partition coefficient (Wildman–Crippen LogP) is 2.31. The van der Waals surface area contributed by atoms with Gasteiger partial charge in [-0.25, -0.2) is 0 Å². The number of nitrogens with zero attached hydrogens (tertiary/aromatic N) is 2. The zero-order valence-electron chi connectivity index (χ0n) is 10.1. The molecular weight excluding hydrogens is 200 g/mol. The van der Waals surface area contributed by atoms with Crippen molar-refractivity contribution in [2.45, 2.75) is 39.2 Å². The third kappa shape index (κ3) is 3.10. The molecule has 1 atom stereocenters. The first kappa shape index (κ1) is 12.8. The molecule has 1 amide bonds. The summed E-state index contributed by atoms with van der Waals surface area (Å²) in [7, 11) is 0. The van der Waals surface area contributed by atoms with Gasteiger partial charge in [0.1, 0.15) is 11.6 Å². The van der Waals surface area contributed by atoms with E-state index in [1.807, 2.05) is 19.9 Å². The van der Waals surface area contributed by atoms with Gasteiger partial charge in [-0.05, 0) is 32.1 Å². The monoisotopic (exact) mass is 219 g/mol. The second-order valence-electron chi connectivity index (χ2n) is 4.58. The first-order valence-corrected chi connectivity index (χ1v) is 5.82. The average Bonchev–Trinajstić information content (AvgIpc) is 2.25. The Kier molecular flexibility index (Phi) is 4.54. The lowest BCUT2D eigenvalue weighted by atomic mass is 10.0. The Balaban J connectivity index is 2.79. The van der Waals surface area contributed by atoms with Gasteiger partial charge in [-0.3, -0.25) is 4.79 Å². The van der Waals surface area contributed by atoms with Gasteiger partial charge in [-0.2, -0.15) is 5.26 Å². The van der Waals surface area contributed by atoms with Crippen molar-refractivity contribution in [3.05, 3.63) is 18.6 Å². The number of carbonyl (C=O) groups excluding carboxylic acids is 1. The lowest BCUT2D eigenvalue weighted by Gasteiger charge is -2.33. The maximum atomic E-state index is 12.1. The molecule has 0 saturated carbocycles. The molecule has 1 saturated heterocycles. The van der Waals surface area contributed by atoms with E-state index in [0.717, 1.165) is 25.8 Å². The van der Waals surface area contributed by atoms with Crippen molar-refractivity contribution in [2.24, 2.45) is 5.92 Å². The molecule has 0 unspecified atom stereocenters. The zero-order chi connectivity index (χ0) is 12.1. The molecule has 0 aliphatic carbocycles. The van der Waals surface area contributed by atoms with Crippen LogP contribution in [0, 0.1) is 24.2 Å². The largest absolute Gasteiger partial charge is 0.335 e. The van der Waals surface area contributed by atoms with Crippen LogP contribution in [-0.2, 0) is 4.79 Å². The lowest BCUT2D eigenvalue weighted by molar-refractivity contribution is -0.129. The van der Waals surface area contributed by atoms with Gasteiger partial charge < -0.3 is 4.90 Å². The van der Waals surface area contributed by atoms with Crippen molar-refractivity contribution >= 4 is 5.91 Å². The molecule has 16 heavy (non-hydrogen) atoms. The maximum absolute atomic E-state index is 12.1. The minimum absolute atomic E-state index is 0.0187. The van der Waals surface area contributed by atoms with Gasteiger partial charge in [0.25, 0.3) is 5.91 Å². The first-order chi connectivity index (χ1) is 7.56. The summed E-state index contributed by atoms with van der Waals surface area (Å²) in [6.45, 7) is 8.61. The van der Waals surface area contributed by atoms with Gasteiger partial charge >= 0.3 is 0 Å². The highest BCUT2D eigenvalue weighted by molar-refractivity contribution is 5.97. The first-order valence-electron chi connectivity index (χ1n) is 5.82. The van der Waals surface area contributed by atoms with Crippen molar-refractivity contribution in [3.8, 4) is 6.07 Å². The number of hydrogen-bond acceptors (Lipinski definition) is 2. The molecule has 1 heterocycles. The molecule has 0 aromatic heterocycles. The average molecular weight is 219 g/mol. The number of rotatable bonds is 2. The minimum atomic E-state index is -0.157. The summed E-state index contributed by atoms with van der Waals surface area (Å²) in [4.78, 5) is 13.8. The molecule has 0 spiro atoms. The van der Waals surface area contributed by atoms with Crippen LogP contribution in [0.5, 0.6) is 0 Å². The van der Waals surface area contributed by atoms with E-state index in [0.29, 0.717) is 0 Å². The fourth-order valence-electron chi connectivity index (χ4n) is 1.91. The van der Waals surface area contributed by atoms with E-state index < -0.39 is 0 Å². The van der Waals surface area contributed by atoms with Crippen molar-refractivity contribution in [3.63, 3.8) is 0 Å². The lowest BCUT2D eigenvalue weighted by Crippen LogP contribution is -2.42. The van der Waals surface area contributed by atoms with Gasteiger partial charge in [-0.1, -0.05) is 19.9 Å². The summed E-state index contributed by atoms with van der Waals surface area (Å²) in [5, 5.41) is 8.98. The molecule has 0 aromatic carbocycles. The van der Waals surface area contributed by atoms with Crippen LogP contribution >= 0.6 is 0 Å². The Bertz CT molecular complexity index is 325. The topological polar surface area (TPSA) is 44.1 Å². The van der Waals surface area contributed by atoms with Crippen LogP contribution in [0.3, 0.4) is 0 Å². The van der Waals surface area contributed by atoms with Crippen LogP contribution in [0.2, 0.25) is 0 Å². The number of piperidine rings is 1. The van der Waals surface area contributed by atoms with Crippen LogP contribution in [0.1, 0.15) is 33.1 Å². The molecule has 0 aromatic rings. The molecule has 0 N–H and O–H groups in total. The van der Waals surface area contributed by atoms with E-state index in [2.05, 4.69) is 6.92 Å². The fourth-order valence-corrected chi connectivity index (χ4v) is 1.91. The predicted molar refractivity (Wildman–Crippen MR) is 63.2 cm³/mol. The molecule has 1 fully saturated rings. The van der Waals surface area contributed by atoms with Crippen molar-refractivity contribution < 1.29 is 4.79 Å². The third-order valence-electron chi connectivity index (χ3n) is 2.74. The smallest absolute Gasteiger partial charge is 0.264 e. The Labute approximate surface area is 97.7 Å². The van der Waals surface area contributed by atoms with Crippen LogP contribution in [0.25, 0.3) is 0 Å². The third-order valence-corrected chi connectivity index (χ3v) is 2.74. The summed E-state index contributed by atoms with van der Waals surface area (Å²) >= 11 is 0. The maximum Gasteiger partial charge on any atom is 0.264 e. The number of amides is 1. The van der Waals surface area contributed by atoms with E-state index in [4.69, 9.17) is 5.26 Å². The van der Waals surface area contributed by atoms with E-state index >= 15 is 0 Å². The summed E-state index contributed by atoms with van der Waals surface area (Å²) < 4.78 is 0. The number of nitriles is 1. The van der Waals surface area contributed by atoms with Crippen LogP contribution in [0.15, 0.2) is 11.6 Å². The quantitative estimate of drug-likeness (QED) is 0.528. The van der Waals surface area contributed by atoms with Gasteiger partial charge in [-0.15, -0.1) is 0 Å². The highest BCUT2D eigenvalue weighted by Gasteiger charge is 2.25. The van der Waals surface area contributed by atoms with Gasteiger partial charge in [0.15, 0.2) is 0 Å². The second-order valence-corrected chi connectivity index (χ2v) is 4.58. The van der Waals surface area contributed by atoms with Crippen molar-refractivity contribution in [1.82, 2.24) is 4.90 Å². The molecule has 1 rings (SSSR count). The van der Waals surface area contributed by atoms with E-state index in [-0.39, 0.29) is 23.4 Å². The Hall–Kier alpha value is -1.30. The Morgan fingerprint density at radius 3 is 2.75 bits per heavy atom. The van der Waals surface area contributed by atoms with E-state index in [9.17, 15) is 4.79 Å². The van der Waals surface area contributed by atoms with Gasteiger partial charge in [0, 0.05) is 12.6 Å². The summed E-state index contributed by atoms with van der Waals surface area (Å²) in [5.74, 6) is 0.0579. The van der Waals surface area contributed by atoms with Crippen LogP contribution < -0.4 is 0 Å². The molecular formula is C13H19N2O. The molecule has 1 aliphatic rings. The standard InChI is InChI=1S/C13H19N2O/c1-10(2)8-12(9-14)13(16)15-7-5-4-6-11(15)3/h8,10-11H,3-7H2,1-2H3/t11-/m1/s1. The molecule has 87 valence electrons. The van der Waals surface area contributed by atoms with Gasteiger partial charge in [0.2, 0.25) is 0 Å². The Morgan fingerprint density at radius 2 is 2.25 bits per heavy atom. The SMILES string of the molecule is [CH2][C@@H]1CCCCN1C(=O)C(C#N)=CC(C)C.